The van der Waals surface area contributed by atoms with Gasteiger partial charge in [0.05, 0.1) is 17.1 Å². The lowest BCUT2D eigenvalue weighted by atomic mass is 10.2. The van der Waals surface area contributed by atoms with Gasteiger partial charge in [-0.1, -0.05) is 17.7 Å². The minimum atomic E-state index is -3.69. The molecule has 0 atom stereocenters. The molecule has 0 aromatic heterocycles. The van der Waals surface area contributed by atoms with E-state index in [1.165, 1.54) is 19.2 Å². The van der Waals surface area contributed by atoms with Gasteiger partial charge in [-0.15, -0.1) is 0 Å². The number of hydrogen-bond acceptors (Lipinski definition) is 4. The first-order valence-corrected chi connectivity index (χ1v) is 9.90. The predicted molar refractivity (Wildman–Crippen MR) is 104 cm³/mol. The van der Waals surface area contributed by atoms with Crippen molar-refractivity contribution in [3.05, 3.63) is 59.7 Å². The fourth-order valence-electron chi connectivity index (χ4n) is 2.35. The zero-order valence-corrected chi connectivity index (χ0v) is 16.3. The molecule has 0 unspecified atom stereocenters. The molecule has 0 bridgehead atoms. The van der Waals surface area contributed by atoms with Crippen molar-refractivity contribution >= 4 is 27.5 Å². The number of benzene rings is 2. The van der Waals surface area contributed by atoms with Gasteiger partial charge in [0.1, 0.15) is 0 Å². The third-order valence-corrected chi connectivity index (χ3v) is 5.76. The number of nitrogens with one attached hydrogen (secondary N) is 2. The minimum Gasteiger partial charge on any atom is -0.355 e. The molecule has 2 rings (SSSR count). The summed E-state index contributed by atoms with van der Waals surface area (Å²) >= 11 is 0. The van der Waals surface area contributed by atoms with Crippen LogP contribution in [0.25, 0.3) is 0 Å². The Hall–Kier alpha value is -2.87. The van der Waals surface area contributed by atoms with E-state index in [4.69, 9.17) is 0 Å². The smallest absolute Gasteiger partial charge is 0.264 e. The largest absolute Gasteiger partial charge is 0.355 e. The quantitative estimate of drug-likeness (QED) is 0.753. The van der Waals surface area contributed by atoms with Crippen LogP contribution >= 0.6 is 0 Å². The molecule has 0 aliphatic carbocycles. The number of nitrogens with zero attached hydrogens (tertiary/aromatic N) is 1. The molecule has 7 nitrogen and oxygen atoms in total. The molecule has 2 N–H and O–H groups in total. The molecule has 0 fully saturated rings. The van der Waals surface area contributed by atoms with Crippen LogP contribution in [0.1, 0.15) is 22.8 Å². The van der Waals surface area contributed by atoms with E-state index in [-0.39, 0.29) is 17.3 Å². The molecule has 0 spiro atoms. The lowest BCUT2D eigenvalue weighted by Gasteiger charge is -2.20. The molecule has 2 amide bonds. The molecule has 2 aromatic carbocycles. The third kappa shape index (κ3) is 5.07. The number of rotatable bonds is 7. The molecule has 0 heterocycles. The third-order valence-electron chi connectivity index (χ3n) is 3.96. The summed E-state index contributed by atoms with van der Waals surface area (Å²) in [6, 6.07) is 12.7. The van der Waals surface area contributed by atoms with E-state index in [9.17, 15) is 18.0 Å². The van der Waals surface area contributed by atoms with Crippen LogP contribution in [0.2, 0.25) is 0 Å². The van der Waals surface area contributed by atoms with Crippen LogP contribution in [-0.4, -0.2) is 40.4 Å². The van der Waals surface area contributed by atoms with Gasteiger partial charge in [0, 0.05) is 19.2 Å². The Balaban J connectivity index is 2.10. The number of aryl methyl sites for hydroxylation is 1. The lowest BCUT2D eigenvalue weighted by Crippen LogP contribution is -2.36. The highest BCUT2D eigenvalue weighted by Gasteiger charge is 2.21. The summed E-state index contributed by atoms with van der Waals surface area (Å²) in [5.74, 6) is -0.678. The number of sulfonamides is 1. The molecule has 8 heteroatoms. The highest BCUT2D eigenvalue weighted by molar-refractivity contribution is 7.92. The normalized spacial score (nSPS) is 10.9. The van der Waals surface area contributed by atoms with Gasteiger partial charge in [-0.05, 0) is 50.2 Å². The number of carbonyl (C=O) groups excluding carboxylic acids is 2. The molecule has 0 radical (unpaired) electrons. The standard InChI is InChI=1S/C19H23N3O4S/c1-4-20-18(23)13-21-19(24)15-7-9-16(10-8-15)22(3)27(25,26)17-11-5-14(2)6-12-17/h5-12H,4,13H2,1-3H3,(H,20,23)(H,21,24). The summed E-state index contributed by atoms with van der Waals surface area (Å²) in [6.45, 7) is 4.05. The van der Waals surface area contributed by atoms with Crippen molar-refractivity contribution in [3.8, 4) is 0 Å². The Kier molecular flexibility index (Phi) is 6.57. The Labute approximate surface area is 159 Å². The number of hydrogen-bond donors (Lipinski definition) is 2. The van der Waals surface area contributed by atoms with Crippen molar-refractivity contribution in [3.63, 3.8) is 0 Å². The maximum atomic E-state index is 12.7. The number of anilines is 1. The summed E-state index contributed by atoms with van der Waals surface area (Å²) < 4.78 is 26.6. The van der Waals surface area contributed by atoms with E-state index < -0.39 is 15.9 Å². The maximum Gasteiger partial charge on any atom is 0.264 e. The lowest BCUT2D eigenvalue weighted by molar-refractivity contribution is -0.120. The molecular weight excluding hydrogens is 366 g/mol. The highest BCUT2D eigenvalue weighted by atomic mass is 32.2. The van der Waals surface area contributed by atoms with Gasteiger partial charge in [0.15, 0.2) is 0 Å². The van der Waals surface area contributed by atoms with Gasteiger partial charge in [0.2, 0.25) is 5.91 Å². The van der Waals surface area contributed by atoms with Crippen molar-refractivity contribution < 1.29 is 18.0 Å². The first-order valence-electron chi connectivity index (χ1n) is 8.46. The van der Waals surface area contributed by atoms with Crippen molar-refractivity contribution in [1.82, 2.24) is 10.6 Å². The van der Waals surface area contributed by atoms with Crippen LogP contribution < -0.4 is 14.9 Å². The maximum absolute atomic E-state index is 12.7. The van der Waals surface area contributed by atoms with Crippen LogP contribution in [0.4, 0.5) is 5.69 Å². The zero-order chi connectivity index (χ0) is 20.0. The van der Waals surface area contributed by atoms with Crippen LogP contribution in [0, 0.1) is 6.92 Å². The van der Waals surface area contributed by atoms with Gasteiger partial charge in [-0.3, -0.25) is 13.9 Å². The second-order valence-corrected chi connectivity index (χ2v) is 7.94. The van der Waals surface area contributed by atoms with Crippen LogP contribution in [-0.2, 0) is 14.8 Å². The van der Waals surface area contributed by atoms with Crippen LogP contribution in [0.3, 0.4) is 0 Å². The van der Waals surface area contributed by atoms with E-state index in [0.717, 1.165) is 9.87 Å². The summed E-state index contributed by atoms with van der Waals surface area (Å²) in [7, 11) is -2.23. The number of amides is 2. The van der Waals surface area contributed by atoms with Crippen molar-refractivity contribution in [1.29, 1.82) is 0 Å². The molecular formula is C19H23N3O4S. The monoisotopic (exact) mass is 389 g/mol. The van der Waals surface area contributed by atoms with E-state index in [1.54, 1.807) is 43.3 Å². The second-order valence-electron chi connectivity index (χ2n) is 5.97. The zero-order valence-electron chi connectivity index (χ0n) is 15.5. The molecule has 0 saturated heterocycles. The SMILES string of the molecule is CCNC(=O)CNC(=O)c1ccc(N(C)S(=O)(=O)c2ccc(C)cc2)cc1. The van der Waals surface area contributed by atoms with Gasteiger partial charge < -0.3 is 10.6 Å². The summed E-state index contributed by atoms with van der Waals surface area (Å²) in [6.07, 6.45) is 0. The van der Waals surface area contributed by atoms with Crippen molar-refractivity contribution in [2.45, 2.75) is 18.7 Å². The van der Waals surface area contributed by atoms with E-state index in [1.807, 2.05) is 6.92 Å². The first kappa shape index (κ1) is 20.4. The Bertz CT molecular complexity index is 907. The summed E-state index contributed by atoms with van der Waals surface area (Å²) in [4.78, 5) is 23.6. The van der Waals surface area contributed by atoms with Crippen molar-refractivity contribution in [2.24, 2.45) is 0 Å². The fraction of sp³-hybridized carbons (Fsp3) is 0.263. The average Bonchev–Trinajstić information content (AvgIpc) is 2.66. The molecule has 144 valence electrons. The second kappa shape index (κ2) is 8.68. The van der Waals surface area contributed by atoms with Gasteiger partial charge >= 0.3 is 0 Å². The van der Waals surface area contributed by atoms with E-state index in [0.29, 0.717) is 17.8 Å². The van der Waals surface area contributed by atoms with Gasteiger partial charge in [-0.25, -0.2) is 8.42 Å². The first-order chi connectivity index (χ1) is 12.8. The Morgan fingerprint density at radius 3 is 2.11 bits per heavy atom. The minimum absolute atomic E-state index is 0.115. The molecule has 2 aromatic rings. The van der Waals surface area contributed by atoms with Crippen LogP contribution in [0.15, 0.2) is 53.4 Å². The molecule has 0 aliphatic heterocycles. The number of likely N-dealkylation sites (N-methyl/N-ethyl adjacent to an activating group) is 1. The van der Waals surface area contributed by atoms with Crippen molar-refractivity contribution in [2.75, 3.05) is 24.4 Å². The van der Waals surface area contributed by atoms with E-state index >= 15 is 0 Å². The van der Waals surface area contributed by atoms with Crippen LogP contribution in [0.5, 0.6) is 0 Å². The Morgan fingerprint density at radius 2 is 1.56 bits per heavy atom. The number of carbonyl (C=O) groups is 2. The van der Waals surface area contributed by atoms with E-state index in [2.05, 4.69) is 10.6 Å². The molecule has 0 aliphatic rings. The summed E-state index contributed by atoms with van der Waals surface area (Å²) in [5.41, 5.74) is 1.74. The molecule has 0 saturated carbocycles. The fourth-order valence-corrected chi connectivity index (χ4v) is 3.55. The predicted octanol–water partition coefficient (Wildman–Crippen LogP) is 1.69. The Morgan fingerprint density at radius 1 is 0.963 bits per heavy atom. The van der Waals surface area contributed by atoms with Gasteiger partial charge in [-0.2, -0.15) is 0 Å². The molecule has 27 heavy (non-hydrogen) atoms. The summed E-state index contributed by atoms with van der Waals surface area (Å²) in [5, 5.41) is 5.10. The topological polar surface area (TPSA) is 95.6 Å². The van der Waals surface area contributed by atoms with Gasteiger partial charge in [0.25, 0.3) is 15.9 Å². The highest BCUT2D eigenvalue weighted by Crippen LogP contribution is 2.22. The average molecular weight is 389 g/mol.